The highest BCUT2D eigenvalue weighted by Gasteiger charge is 2.37. The van der Waals surface area contributed by atoms with Gasteiger partial charge in [-0.2, -0.15) is 5.10 Å². The molecule has 0 aliphatic carbocycles. The molecule has 4 rings (SSSR count). The van der Waals surface area contributed by atoms with Gasteiger partial charge < -0.3 is 20.4 Å². The van der Waals surface area contributed by atoms with Crippen molar-refractivity contribution in [3.05, 3.63) is 52.6 Å². The predicted molar refractivity (Wildman–Crippen MR) is 161 cm³/mol. The van der Waals surface area contributed by atoms with E-state index in [-0.39, 0.29) is 42.3 Å². The highest BCUT2D eigenvalue weighted by molar-refractivity contribution is 5.98. The third-order valence-corrected chi connectivity index (χ3v) is 8.18. The highest BCUT2D eigenvalue weighted by Crippen LogP contribution is 2.24. The largest absolute Gasteiger partial charge is 0.355 e. The summed E-state index contributed by atoms with van der Waals surface area (Å²) in [4.78, 5) is 57.2. The van der Waals surface area contributed by atoms with Gasteiger partial charge in [-0.1, -0.05) is 33.8 Å². The smallest absolute Gasteiger partial charge is 0.272 e. The van der Waals surface area contributed by atoms with Gasteiger partial charge in [0.2, 0.25) is 11.8 Å². The summed E-state index contributed by atoms with van der Waals surface area (Å²) in [7, 11) is 0. The molecular formula is C32H45FN6O4. The van der Waals surface area contributed by atoms with Crippen molar-refractivity contribution in [2.75, 3.05) is 26.2 Å². The lowest BCUT2D eigenvalue weighted by Gasteiger charge is -2.32. The molecule has 2 aliphatic heterocycles. The van der Waals surface area contributed by atoms with Crippen LogP contribution < -0.4 is 10.6 Å². The number of nitrogens with one attached hydrogen (secondary N) is 2. The fraction of sp³-hybridized carbons (Fsp3) is 0.594. The molecule has 1 aromatic heterocycles. The van der Waals surface area contributed by atoms with Gasteiger partial charge >= 0.3 is 0 Å². The van der Waals surface area contributed by atoms with Crippen LogP contribution in [-0.4, -0.2) is 81.5 Å². The van der Waals surface area contributed by atoms with Crippen LogP contribution in [0.4, 0.5) is 4.39 Å². The van der Waals surface area contributed by atoms with E-state index in [2.05, 4.69) is 29.6 Å². The first-order valence-corrected chi connectivity index (χ1v) is 15.5. The average molecular weight is 597 g/mol. The van der Waals surface area contributed by atoms with Gasteiger partial charge in [0.15, 0.2) is 0 Å². The molecule has 234 valence electrons. The average Bonchev–Trinajstić information content (AvgIpc) is 3.61. The Morgan fingerprint density at radius 1 is 1.12 bits per heavy atom. The first-order chi connectivity index (χ1) is 20.5. The molecule has 0 saturated carbocycles. The first kappa shape index (κ1) is 32.2. The first-order valence-electron chi connectivity index (χ1n) is 15.5. The summed E-state index contributed by atoms with van der Waals surface area (Å²) in [5.41, 5.74) is 1.94. The van der Waals surface area contributed by atoms with E-state index in [1.165, 1.54) is 15.9 Å². The Kier molecular flexibility index (Phi) is 10.6. The number of benzene rings is 1. The van der Waals surface area contributed by atoms with Crippen molar-refractivity contribution in [1.82, 2.24) is 30.2 Å². The summed E-state index contributed by atoms with van der Waals surface area (Å²) in [6.45, 7) is 11.1. The zero-order valence-corrected chi connectivity index (χ0v) is 26.0. The van der Waals surface area contributed by atoms with Crippen molar-refractivity contribution in [3.8, 4) is 0 Å². The number of aromatic nitrogens is 2. The van der Waals surface area contributed by atoms with Crippen LogP contribution in [0.1, 0.15) is 86.0 Å². The Bertz CT molecular complexity index is 1340. The van der Waals surface area contributed by atoms with Crippen molar-refractivity contribution in [1.29, 1.82) is 0 Å². The predicted octanol–water partition coefficient (Wildman–Crippen LogP) is 3.19. The summed E-state index contributed by atoms with van der Waals surface area (Å²) in [6, 6.07) is 5.02. The molecule has 4 amide bonds. The maximum atomic E-state index is 14.8. The lowest BCUT2D eigenvalue weighted by Crippen LogP contribution is -2.55. The Morgan fingerprint density at radius 2 is 1.88 bits per heavy atom. The van der Waals surface area contributed by atoms with E-state index in [4.69, 9.17) is 0 Å². The summed E-state index contributed by atoms with van der Waals surface area (Å²) in [5, 5.41) is 10.6. The molecular weight excluding hydrogens is 551 g/mol. The zero-order chi connectivity index (χ0) is 31.3. The molecule has 1 saturated heterocycles. The molecule has 3 heterocycles. The molecule has 11 heteroatoms. The van der Waals surface area contributed by atoms with Gasteiger partial charge in [0, 0.05) is 32.2 Å². The van der Waals surface area contributed by atoms with Crippen LogP contribution in [-0.2, 0) is 29.0 Å². The maximum Gasteiger partial charge on any atom is 0.272 e. The Morgan fingerprint density at radius 3 is 2.58 bits per heavy atom. The number of aryl methyl sites for hydroxylation is 2. The number of nitrogens with zero attached hydrogens (tertiary/aromatic N) is 4. The molecule has 0 spiro atoms. The number of fused-ring (bicyclic) bond motifs is 3. The number of amides is 4. The van der Waals surface area contributed by atoms with Crippen LogP contribution >= 0.6 is 0 Å². The second kappa shape index (κ2) is 14.1. The van der Waals surface area contributed by atoms with Crippen molar-refractivity contribution < 1.29 is 23.6 Å². The highest BCUT2D eigenvalue weighted by atomic mass is 19.1. The standard InChI is InChI=1S/C32H45FN6O4/c1-6-39-28(17-23(36-39)15-20(2)3)32(43)37-18-26(21(4)5)35-30(41)27-10-8-14-38(27)31(42)24-16-22(11-12-25(24)33)9-7-13-34-29(40)19-37/h11-12,16-17,20-21,26-27H,6-10,13-15,18-19H2,1-5H3,(H,34,40)(H,35,41)/t26-,27-/m0/s1. The van der Waals surface area contributed by atoms with Crippen LogP contribution in [0.5, 0.6) is 0 Å². The maximum absolute atomic E-state index is 14.8. The van der Waals surface area contributed by atoms with Gasteiger partial charge in [0.1, 0.15) is 17.6 Å². The van der Waals surface area contributed by atoms with E-state index >= 15 is 0 Å². The Hall–Kier alpha value is -3.76. The van der Waals surface area contributed by atoms with Gasteiger partial charge in [-0.05, 0) is 74.6 Å². The minimum absolute atomic E-state index is 0.0490. The number of hydrogen-bond acceptors (Lipinski definition) is 5. The molecule has 0 radical (unpaired) electrons. The molecule has 2 bridgehead atoms. The molecule has 2 N–H and O–H groups in total. The third-order valence-electron chi connectivity index (χ3n) is 8.18. The van der Waals surface area contributed by atoms with E-state index in [0.29, 0.717) is 56.9 Å². The second-order valence-corrected chi connectivity index (χ2v) is 12.4. The summed E-state index contributed by atoms with van der Waals surface area (Å²) >= 11 is 0. The van der Waals surface area contributed by atoms with Crippen LogP contribution in [0.3, 0.4) is 0 Å². The van der Waals surface area contributed by atoms with E-state index < -0.39 is 23.8 Å². The third kappa shape index (κ3) is 7.80. The molecule has 2 aromatic rings. The second-order valence-electron chi connectivity index (χ2n) is 12.4. The Balaban J connectivity index is 1.66. The van der Waals surface area contributed by atoms with Crippen LogP contribution in [0.2, 0.25) is 0 Å². The van der Waals surface area contributed by atoms with Crippen molar-refractivity contribution >= 4 is 23.6 Å². The summed E-state index contributed by atoms with van der Waals surface area (Å²) in [6.07, 6.45) is 2.91. The minimum Gasteiger partial charge on any atom is -0.355 e. The van der Waals surface area contributed by atoms with Gasteiger partial charge in [-0.3, -0.25) is 23.9 Å². The normalized spacial score (nSPS) is 20.7. The van der Waals surface area contributed by atoms with Crippen molar-refractivity contribution in [2.24, 2.45) is 11.8 Å². The van der Waals surface area contributed by atoms with Gasteiger partial charge in [-0.25, -0.2) is 4.39 Å². The lowest BCUT2D eigenvalue weighted by molar-refractivity contribution is -0.126. The van der Waals surface area contributed by atoms with Gasteiger partial charge in [-0.15, -0.1) is 0 Å². The molecule has 2 aliphatic rings. The number of carbonyl (C=O) groups excluding carboxylic acids is 4. The van der Waals surface area contributed by atoms with Crippen molar-refractivity contribution in [3.63, 3.8) is 0 Å². The molecule has 1 fully saturated rings. The zero-order valence-electron chi connectivity index (χ0n) is 26.0. The SMILES string of the molecule is CCn1nc(CC(C)C)cc1C(=O)N1CC(=O)NCCCc2ccc(F)c(c2)C(=O)N2CCC[C@H]2C(=O)N[C@H](C(C)C)C1. The van der Waals surface area contributed by atoms with E-state index in [9.17, 15) is 23.6 Å². The van der Waals surface area contributed by atoms with E-state index in [1.807, 2.05) is 20.8 Å². The minimum atomic E-state index is -0.750. The van der Waals surface area contributed by atoms with E-state index in [1.54, 1.807) is 22.9 Å². The fourth-order valence-corrected chi connectivity index (χ4v) is 5.80. The lowest BCUT2D eigenvalue weighted by atomic mass is 10.0. The van der Waals surface area contributed by atoms with Crippen molar-refractivity contribution in [2.45, 2.75) is 85.4 Å². The Labute approximate surface area is 253 Å². The van der Waals surface area contributed by atoms with Gasteiger partial charge in [0.05, 0.1) is 17.8 Å². The van der Waals surface area contributed by atoms with E-state index in [0.717, 1.165) is 17.7 Å². The molecule has 1 aromatic carbocycles. The quantitative estimate of drug-likeness (QED) is 0.550. The molecule has 0 unspecified atom stereocenters. The molecule has 43 heavy (non-hydrogen) atoms. The van der Waals surface area contributed by atoms with Gasteiger partial charge in [0.25, 0.3) is 11.8 Å². The summed E-state index contributed by atoms with van der Waals surface area (Å²) < 4.78 is 16.5. The topological polar surface area (TPSA) is 117 Å². The van der Waals surface area contributed by atoms with Crippen LogP contribution in [0.25, 0.3) is 0 Å². The van der Waals surface area contributed by atoms with Crippen LogP contribution in [0.15, 0.2) is 24.3 Å². The number of hydrogen-bond donors (Lipinski definition) is 2. The monoisotopic (exact) mass is 596 g/mol. The van der Waals surface area contributed by atoms with Crippen LogP contribution in [0, 0.1) is 17.7 Å². The number of halogens is 1. The number of rotatable bonds is 5. The number of carbonyl (C=O) groups is 4. The summed E-state index contributed by atoms with van der Waals surface area (Å²) in [5.74, 6) is -1.84. The molecule has 10 nitrogen and oxygen atoms in total. The fourth-order valence-electron chi connectivity index (χ4n) is 5.80. The molecule has 2 atom stereocenters.